The van der Waals surface area contributed by atoms with Gasteiger partial charge < -0.3 is 9.67 Å². The Morgan fingerprint density at radius 3 is 2.65 bits per heavy atom. The van der Waals surface area contributed by atoms with Crippen molar-refractivity contribution in [2.24, 2.45) is 7.05 Å². The van der Waals surface area contributed by atoms with Crippen molar-refractivity contribution in [1.82, 2.24) is 4.57 Å². The van der Waals surface area contributed by atoms with Crippen LogP contribution in [0.15, 0.2) is 24.4 Å². The van der Waals surface area contributed by atoms with E-state index in [2.05, 4.69) is 0 Å². The van der Waals surface area contributed by atoms with Crippen LogP contribution in [0.25, 0.3) is 10.9 Å². The second-order valence-electron chi connectivity index (χ2n) is 3.95. The highest BCUT2D eigenvalue weighted by atomic mass is 16.4. The van der Waals surface area contributed by atoms with Gasteiger partial charge in [0.05, 0.1) is 11.1 Å². The van der Waals surface area contributed by atoms with Crippen LogP contribution in [-0.4, -0.2) is 21.4 Å². The predicted octanol–water partition coefficient (Wildman–Crippen LogP) is 2.01. The standard InChI is InChI=1S/C13H13NO3/c1-3-8-5-4-6-9-10(12(15)13(16)17)7-14(2)11(8)9/h4-7H,3H2,1-2H3,(H,16,17). The van der Waals surface area contributed by atoms with Crippen LogP contribution in [0.5, 0.6) is 0 Å². The van der Waals surface area contributed by atoms with E-state index in [0.717, 1.165) is 17.5 Å². The van der Waals surface area contributed by atoms with Gasteiger partial charge in [-0.05, 0) is 12.0 Å². The molecule has 0 radical (unpaired) electrons. The Morgan fingerprint density at radius 2 is 2.06 bits per heavy atom. The summed E-state index contributed by atoms with van der Waals surface area (Å²) in [5.74, 6) is -2.27. The lowest BCUT2D eigenvalue weighted by molar-refractivity contribution is -0.131. The van der Waals surface area contributed by atoms with Crippen LogP contribution in [0.3, 0.4) is 0 Å². The van der Waals surface area contributed by atoms with E-state index in [0.29, 0.717) is 5.39 Å². The number of benzene rings is 1. The summed E-state index contributed by atoms with van der Waals surface area (Å²) in [6.45, 7) is 2.03. The summed E-state index contributed by atoms with van der Waals surface area (Å²) >= 11 is 0. The van der Waals surface area contributed by atoms with Crippen LogP contribution < -0.4 is 0 Å². The summed E-state index contributed by atoms with van der Waals surface area (Å²) in [4.78, 5) is 22.3. The Morgan fingerprint density at radius 1 is 1.35 bits per heavy atom. The van der Waals surface area contributed by atoms with Crippen molar-refractivity contribution in [2.75, 3.05) is 0 Å². The molecule has 0 aliphatic carbocycles. The molecule has 0 atom stereocenters. The molecule has 0 fully saturated rings. The number of hydrogen-bond acceptors (Lipinski definition) is 2. The SMILES string of the molecule is CCc1cccc2c(C(=O)C(=O)O)cn(C)c12. The fraction of sp³-hybridized carbons (Fsp3) is 0.231. The number of Topliss-reactive ketones (excluding diaryl/α,β-unsaturated/α-hetero) is 1. The summed E-state index contributed by atoms with van der Waals surface area (Å²) in [6.07, 6.45) is 2.43. The number of carboxylic acid groups (broad SMARTS) is 1. The highest BCUT2D eigenvalue weighted by Gasteiger charge is 2.20. The van der Waals surface area contributed by atoms with Crippen LogP contribution in [-0.2, 0) is 18.3 Å². The first-order chi connectivity index (χ1) is 8.06. The predicted molar refractivity (Wildman–Crippen MR) is 64.3 cm³/mol. The second kappa shape index (κ2) is 4.05. The van der Waals surface area contributed by atoms with E-state index in [-0.39, 0.29) is 5.56 Å². The van der Waals surface area contributed by atoms with E-state index in [1.807, 2.05) is 30.7 Å². The van der Waals surface area contributed by atoms with Gasteiger partial charge in [0, 0.05) is 18.6 Å². The summed E-state index contributed by atoms with van der Waals surface area (Å²) < 4.78 is 1.81. The zero-order valence-electron chi connectivity index (χ0n) is 9.73. The number of hydrogen-bond donors (Lipinski definition) is 1. The van der Waals surface area contributed by atoms with Crippen LogP contribution >= 0.6 is 0 Å². The summed E-state index contributed by atoms with van der Waals surface area (Å²) in [5.41, 5.74) is 2.29. The average molecular weight is 231 g/mol. The second-order valence-corrected chi connectivity index (χ2v) is 3.95. The van der Waals surface area contributed by atoms with Gasteiger partial charge in [-0.3, -0.25) is 4.79 Å². The molecule has 0 unspecified atom stereocenters. The van der Waals surface area contributed by atoms with Gasteiger partial charge in [0.25, 0.3) is 5.78 Å². The molecule has 0 saturated heterocycles. The minimum absolute atomic E-state index is 0.255. The highest BCUT2D eigenvalue weighted by Crippen LogP contribution is 2.24. The van der Waals surface area contributed by atoms with Crippen molar-refractivity contribution in [2.45, 2.75) is 13.3 Å². The average Bonchev–Trinajstić information content (AvgIpc) is 2.66. The molecule has 2 rings (SSSR count). The van der Waals surface area contributed by atoms with Crippen LogP contribution in [0, 0.1) is 0 Å². The van der Waals surface area contributed by atoms with Crippen molar-refractivity contribution in [3.8, 4) is 0 Å². The highest BCUT2D eigenvalue weighted by molar-refractivity contribution is 6.42. The Kier molecular flexibility index (Phi) is 2.71. The molecular weight excluding hydrogens is 218 g/mol. The Bertz CT molecular complexity index is 610. The zero-order chi connectivity index (χ0) is 12.6. The summed E-state index contributed by atoms with van der Waals surface area (Å²) in [5, 5.41) is 9.48. The van der Waals surface area contributed by atoms with Gasteiger partial charge in [-0.1, -0.05) is 25.1 Å². The number of aromatic nitrogens is 1. The zero-order valence-corrected chi connectivity index (χ0v) is 9.73. The van der Waals surface area contributed by atoms with E-state index in [4.69, 9.17) is 5.11 Å². The molecule has 1 heterocycles. The largest absolute Gasteiger partial charge is 0.475 e. The van der Waals surface area contributed by atoms with Gasteiger partial charge in [-0.15, -0.1) is 0 Å². The van der Waals surface area contributed by atoms with Gasteiger partial charge in [-0.2, -0.15) is 0 Å². The number of rotatable bonds is 3. The molecule has 2 aromatic rings. The van der Waals surface area contributed by atoms with Crippen LogP contribution in [0.4, 0.5) is 0 Å². The fourth-order valence-corrected chi connectivity index (χ4v) is 2.13. The van der Waals surface area contributed by atoms with E-state index < -0.39 is 11.8 Å². The van der Waals surface area contributed by atoms with Gasteiger partial charge in [-0.25, -0.2) is 4.79 Å². The van der Waals surface area contributed by atoms with Gasteiger partial charge >= 0.3 is 5.97 Å². The quantitative estimate of drug-likeness (QED) is 0.649. The number of ketones is 1. The molecule has 1 aromatic heterocycles. The first-order valence-corrected chi connectivity index (χ1v) is 5.40. The Hall–Kier alpha value is -2.10. The third kappa shape index (κ3) is 1.71. The van der Waals surface area contributed by atoms with Gasteiger partial charge in [0.1, 0.15) is 0 Å². The maximum absolute atomic E-state index is 11.6. The number of carbonyl (C=O) groups is 2. The first kappa shape index (κ1) is 11.4. The number of para-hydroxylation sites is 1. The van der Waals surface area contributed by atoms with Crippen molar-refractivity contribution >= 4 is 22.7 Å². The first-order valence-electron chi connectivity index (χ1n) is 5.40. The summed E-state index contributed by atoms with van der Waals surface area (Å²) in [6, 6.07) is 5.61. The molecule has 0 bridgehead atoms. The van der Waals surface area contributed by atoms with E-state index in [9.17, 15) is 9.59 Å². The number of aryl methyl sites for hydroxylation is 2. The van der Waals surface area contributed by atoms with Gasteiger partial charge in [0.15, 0.2) is 0 Å². The number of nitrogens with zero attached hydrogens (tertiary/aromatic N) is 1. The molecule has 1 aromatic carbocycles. The molecular formula is C13H13NO3. The maximum atomic E-state index is 11.6. The minimum Gasteiger partial charge on any atom is -0.475 e. The molecule has 0 aliphatic rings. The Labute approximate surface area is 98.5 Å². The molecule has 0 aliphatic heterocycles. The molecule has 0 spiro atoms. The molecule has 0 saturated carbocycles. The van der Waals surface area contributed by atoms with Gasteiger partial charge in [0.2, 0.25) is 0 Å². The van der Waals surface area contributed by atoms with E-state index in [1.165, 1.54) is 0 Å². The number of aliphatic carboxylic acids is 1. The number of carboxylic acids is 1. The molecule has 1 N–H and O–H groups in total. The minimum atomic E-state index is -1.42. The van der Waals surface area contributed by atoms with E-state index in [1.54, 1.807) is 12.3 Å². The maximum Gasteiger partial charge on any atom is 0.377 e. The van der Waals surface area contributed by atoms with E-state index >= 15 is 0 Å². The lowest BCUT2D eigenvalue weighted by Gasteiger charge is -2.02. The monoisotopic (exact) mass is 231 g/mol. The third-order valence-electron chi connectivity index (χ3n) is 2.90. The molecule has 88 valence electrons. The molecule has 17 heavy (non-hydrogen) atoms. The van der Waals surface area contributed by atoms with Crippen molar-refractivity contribution in [3.05, 3.63) is 35.5 Å². The smallest absolute Gasteiger partial charge is 0.377 e. The van der Waals surface area contributed by atoms with Crippen molar-refractivity contribution in [3.63, 3.8) is 0 Å². The topological polar surface area (TPSA) is 59.3 Å². The lowest BCUT2D eigenvalue weighted by Crippen LogP contribution is -2.12. The van der Waals surface area contributed by atoms with Crippen LogP contribution in [0.1, 0.15) is 22.8 Å². The molecule has 4 heteroatoms. The summed E-state index contributed by atoms with van der Waals surface area (Å²) in [7, 11) is 1.82. The molecule has 4 nitrogen and oxygen atoms in total. The van der Waals surface area contributed by atoms with Crippen molar-refractivity contribution < 1.29 is 14.7 Å². The fourth-order valence-electron chi connectivity index (χ4n) is 2.13. The third-order valence-corrected chi connectivity index (χ3v) is 2.90. The number of carbonyl (C=O) groups excluding carboxylic acids is 1. The Balaban J connectivity index is 2.76. The van der Waals surface area contributed by atoms with Crippen molar-refractivity contribution in [1.29, 1.82) is 0 Å². The number of fused-ring (bicyclic) bond motifs is 1. The lowest BCUT2D eigenvalue weighted by atomic mass is 10.1. The van der Waals surface area contributed by atoms with Crippen LogP contribution in [0.2, 0.25) is 0 Å². The molecule has 0 amide bonds. The normalized spacial score (nSPS) is 10.7.